The minimum absolute atomic E-state index is 0.0809. The van der Waals surface area contributed by atoms with Crippen LogP contribution in [0.15, 0.2) is 18.2 Å². The number of ether oxygens (including phenoxy) is 2. The number of anilines is 2. The van der Waals surface area contributed by atoms with Gasteiger partial charge in [0.1, 0.15) is 5.75 Å². The summed E-state index contributed by atoms with van der Waals surface area (Å²) in [5.74, 6) is 0.0883. The van der Waals surface area contributed by atoms with E-state index in [1.54, 1.807) is 25.8 Å². The zero-order valence-corrected chi connectivity index (χ0v) is 12.7. The number of amides is 1. The number of likely N-dealkylation sites (N-methyl/N-ethyl adjacent to an activating group) is 1. The number of carbonyl (C=O) groups excluding carboxylic acids is 2. The van der Waals surface area contributed by atoms with Gasteiger partial charge in [0.05, 0.1) is 18.7 Å². The quantitative estimate of drug-likeness (QED) is 0.855. The fourth-order valence-corrected chi connectivity index (χ4v) is 2.18. The fraction of sp³-hybridized carbons (Fsp3) is 0.467. The number of nitrogens with zero attached hydrogens (tertiary/aromatic N) is 1. The first kappa shape index (κ1) is 15.2. The topological polar surface area (TPSA) is 67.9 Å². The van der Waals surface area contributed by atoms with E-state index in [1.165, 1.54) is 7.11 Å². The first-order valence-corrected chi connectivity index (χ1v) is 6.84. The van der Waals surface area contributed by atoms with Crippen LogP contribution in [0.5, 0.6) is 5.75 Å². The lowest BCUT2D eigenvalue weighted by atomic mass is 10.1. The van der Waals surface area contributed by atoms with Gasteiger partial charge in [-0.2, -0.15) is 0 Å². The summed E-state index contributed by atoms with van der Waals surface area (Å²) in [5.41, 5.74) is 1.54. The average Bonchev–Trinajstić information content (AvgIpc) is 2.49. The lowest BCUT2D eigenvalue weighted by Crippen LogP contribution is -2.41. The molecule has 2 rings (SSSR count). The number of fused-ring (bicyclic) bond motifs is 1. The Bertz CT molecular complexity index is 559. The van der Waals surface area contributed by atoms with E-state index in [9.17, 15) is 9.59 Å². The first-order chi connectivity index (χ1) is 9.93. The minimum Gasteiger partial charge on any atom is -0.479 e. The summed E-state index contributed by atoms with van der Waals surface area (Å²) in [7, 11) is 3.10. The monoisotopic (exact) mass is 292 g/mol. The van der Waals surface area contributed by atoms with Crippen LogP contribution >= 0.6 is 0 Å². The molecule has 0 saturated carbocycles. The van der Waals surface area contributed by atoms with E-state index >= 15 is 0 Å². The van der Waals surface area contributed by atoms with E-state index in [-0.39, 0.29) is 17.8 Å². The van der Waals surface area contributed by atoms with Crippen LogP contribution in [0.4, 0.5) is 11.4 Å². The van der Waals surface area contributed by atoms with Gasteiger partial charge >= 0.3 is 5.97 Å². The highest BCUT2D eigenvalue weighted by atomic mass is 16.5. The predicted octanol–water partition coefficient (Wildman–Crippen LogP) is 1.65. The summed E-state index contributed by atoms with van der Waals surface area (Å²) in [4.78, 5) is 24.9. The number of hydrogen-bond donors (Lipinski definition) is 1. The fourth-order valence-electron chi connectivity index (χ4n) is 2.18. The summed E-state index contributed by atoms with van der Waals surface area (Å²) in [5, 5.41) is 3.16. The molecular formula is C15H20N2O4. The molecule has 0 aromatic heterocycles. The maximum absolute atomic E-state index is 11.9. The number of benzene rings is 1. The Morgan fingerprint density at radius 3 is 2.90 bits per heavy atom. The lowest BCUT2D eigenvalue weighted by molar-refractivity contribution is -0.144. The molecular weight excluding hydrogens is 272 g/mol. The number of carbonyl (C=O) groups is 2. The Hall–Kier alpha value is -2.24. The van der Waals surface area contributed by atoms with Crippen LogP contribution < -0.4 is 15.0 Å². The second kappa shape index (κ2) is 6.03. The van der Waals surface area contributed by atoms with Crippen LogP contribution in [0.3, 0.4) is 0 Å². The van der Waals surface area contributed by atoms with Crippen molar-refractivity contribution in [3.63, 3.8) is 0 Å². The van der Waals surface area contributed by atoms with Crippen molar-refractivity contribution in [3.05, 3.63) is 18.2 Å². The number of nitrogens with one attached hydrogen (secondary N) is 1. The molecule has 0 bridgehead atoms. The number of methoxy groups -OCH3 is 1. The SMILES string of the molecule is COC(=O)C(C)CNc1ccc2c(c1)N(C)C(=O)C(C)O2. The van der Waals surface area contributed by atoms with Gasteiger partial charge in [-0.25, -0.2) is 0 Å². The molecule has 1 aliphatic rings. The Labute approximate surface area is 124 Å². The van der Waals surface area contributed by atoms with Gasteiger partial charge < -0.3 is 19.7 Å². The van der Waals surface area contributed by atoms with E-state index in [0.29, 0.717) is 18.0 Å². The maximum Gasteiger partial charge on any atom is 0.310 e. The van der Waals surface area contributed by atoms with Crippen LogP contribution in [-0.2, 0) is 14.3 Å². The molecule has 1 heterocycles. The molecule has 1 N–H and O–H groups in total. The molecule has 0 spiro atoms. The highest BCUT2D eigenvalue weighted by molar-refractivity contribution is 5.99. The van der Waals surface area contributed by atoms with Crippen molar-refractivity contribution in [1.29, 1.82) is 0 Å². The van der Waals surface area contributed by atoms with Gasteiger partial charge in [-0.05, 0) is 25.1 Å². The minimum atomic E-state index is -0.472. The van der Waals surface area contributed by atoms with Crippen LogP contribution in [-0.4, -0.2) is 38.7 Å². The van der Waals surface area contributed by atoms with Crippen molar-refractivity contribution in [2.75, 3.05) is 30.9 Å². The van der Waals surface area contributed by atoms with Crippen molar-refractivity contribution >= 4 is 23.3 Å². The summed E-state index contributed by atoms with van der Waals surface area (Å²) < 4.78 is 10.2. The second-order valence-electron chi connectivity index (χ2n) is 5.14. The van der Waals surface area contributed by atoms with Gasteiger partial charge in [0.2, 0.25) is 0 Å². The molecule has 1 amide bonds. The Kier molecular flexibility index (Phi) is 4.35. The Morgan fingerprint density at radius 1 is 1.52 bits per heavy atom. The van der Waals surface area contributed by atoms with E-state index in [2.05, 4.69) is 10.1 Å². The van der Waals surface area contributed by atoms with Crippen LogP contribution in [0.2, 0.25) is 0 Å². The van der Waals surface area contributed by atoms with E-state index in [1.807, 2.05) is 18.2 Å². The lowest BCUT2D eigenvalue weighted by Gasteiger charge is -2.30. The average molecular weight is 292 g/mol. The number of esters is 1. The molecule has 0 saturated heterocycles. The molecule has 1 aliphatic heterocycles. The predicted molar refractivity (Wildman–Crippen MR) is 79.6 cm³/mol. The molecule has 21 heavy (non-hydrogen) atoms. The van der Waals surface area contributed by atoms with Gasteiger partial charge in [-0.3, -0.25) is 9.59 Å². The maximum atomic E-state index is 11.9. The third-order valence-corrected chi connectivity index (χ3v) is 3.52. The number of rotatable bonds is 4. The van der Waals surface area contributed by atoms with Gasteiger partial charge in [0.25, 0.3) is 5.91 Å². The van der Waals surface area contributed by atoms with Gasteiger partial charge in [-0.1, -0.05) is 6.92 Å². The van der Waals surface area contributed by atoms with Crippen LogP contribution in [0.1, 0.15) is 13.8 Å². The zero-order valence-electron chi connectivity index (χ0n) is 12.7. The third-order valence-electron chi connectivity index (χ3n) is 3.52. The molecule has 2 atom stereocenters. The van der Waals surface area contributed by atoms with Crippen molar-refractivity contribution < 1.29 is 19.1 Å². The first-order valence-electron chi connectivity index (χ1n) is 6.84. The largest absolute Gasteiger partial charge is 0.479 e. The molecule has 114 valence electrons. The van der Waals surface area contributed by atoms with E-state index < -0.39 is 6.10 Å². The zero-order chi connectivity index (χ0) is 15.6. The van der Waals surface area contributed by atoms with Crippen molar-refractivity contribution in [3.8, 4) is 5.75 Å². The number of hydrogen-bond acceptors (Lipinski definition) is 5. The van der Waals surface area contributed by atoms with Gasteiger partial charge in [-0.15, -0.1) is 0 Å². The Balaban J connectivity index is 2.11. The van der Waals surface area contributed by atoms with Crippen LogP contribution in [0, 0.1) is 5.92 Å². The summed E-state index contributed by atoms with van der Waals surface area (Å²) >= 11 is 0. The molecule has 0 fully saturated rings. The van der Waals surface area contributed by atoms with Crippen molar-refractivity contribution in [1.82, 2.24) is 0 Å². The summed E-state index contributed by atoms with van der Waals surface area (Å²) in [6.45, 7) is 3.98. The normalized spacial score (nSPS) is 18.6. The van der Waals surface area contributed by atoms with E-state index in [0.717, 1.165) is 5.69 Å². The van der Waals surface area contributed by atoms with Crippen molar-refractivity contribution in [2.24, 2.45) is 5.92 Å². The highest BCUT2D eigenvalue weighted by Gasteiger charge is 2.28. The molecule has 6 heteroatoms. The van der Waals surface area contributed by atoms with Crippen molar-refractivity contribution in [2.45, 2.75) is 20.0 Å². The summed E-state index contributed by atoms with van der Waals surface area (Å²) in [6.07, 6.45) is -0.472. The second-order valence-corrected chi connectivity index (χ2v) is 5.14. The molecule has 0 radical (unpaired) electrons. The molecule has 6 nitrogen and oxygen atoms in total. The standard InChI is InChI=1S/C15H20N2O4/c1-9(15(19)20-4)8-16-11-5-6-13-12(7-11)17(3)14(18)10(2)21-13/h5-7,9-10,16H,8H2,1-4H3. The third kappa shape index (κ3) is 3.09. The van der Waals surface area contributed by atoms with E-state index in [4.69, 9.17) is 4.74 Å². The van der Waals surface area contributed by atoms with Crippen LogP contribution in [0.25, 0.3) is 0 Å². The molecule has 2 unspecified atom stereocenters. The van der Waals surface area contributed by atoms with Gasteiger partial charge in [0.15, 0.2) is 6.10 Å². The smallest absolute Gasteiger partial charge is 0.310 e. The van der Waals surface area contributed by atoms with Gasteiger partial charge in [0, 0.05) is 19.3 Å². The molecule has 1 aromatic carbocycles. The highest BCUT2D eigenvalue weighted by Crippen LogP contribution is 2.35. The Morgan fingerprint density at radius 2 is 2.24 bits per heavy atom. The molecule has 1 aromatic rings. The molecule has 0 aliphatic carbocycles. The summed E-state index contributed by atoms with van der Waals surface area (Å²) in [6, 6.07) is 5.52.